The molecule has 0 unspecified atom stereocenters. The van der Waals surface area contributed by atoms with Gasteiger partial charge in [0.25, 0.3) is 0 Å². The highest BCUT2D eigenvalue weighted by Gasteiger charge is 2.26. The molecule has 0 saturated carbocycles. The first-order valence-corrected chi connectivity index (χ1v) is 7.28. The zero-order chi connectivity index (χ0) is 18.4. The summed E-state index contributed by atoms with van der Waals surface area (Å²) in [4.78, 5) is 8.34. The quantitative estimate of drug-likeness (QED) is 0.741. The predicted octanol–water partition coefficient (Wildman–Crippen LogP) is 1.62. The molecule has 0 amide bonds. The maximum atomic E-state index is 14.4. The van der Waals surface area contributed by atoms with Crippen molar-refractivity contribution in [1.29, 1.82) is 5.26 Å². The second-order valence-electron chi connectivity index (χ2n) is 5.91. The van der Waals surface area contributed by atoms with Crippen molar-refractivity contribution in [3.8, 4) is 23.1 Å². The maximum Gasteiger partial charge on any atom is 0.165 e. The van der Waals surface area contributed by atoms with E-state index in [9.17, 15) is 9.50 Å². The van der Waals surface area contributed by atoms with E-state index in [1.54, 1.807) is 19.9 Å². The van der Waals surface area contributed by atoms with Crippen molar-refractivity contribution in [3.05, 3.63) is 35.5 Å². The molecule has 128 valence electrons. The Morgan fingerprint density at radius 1 is 1.40 bits per heavy atom. The molecule has 3 aromatic rings. The van der Waals surface area contributed by atoms with Crippen LogP contribution in [-0.4, -0.2) is 31.8 Å². The highest BCUT2D eigenvalue weighted by atomic mass is 19.1. The van der Waals surface area contributed by atoms with Crippen molar-refractivity contribution in [1.82, 2.24) is 19.6 Å². The number of pyridine rings is 1. The number of nitrogen functional groups attached to an aromatic ring is 1. The van der Waals surface area contributed by atoms with Crippen molar-refractivity contribution < 1.29 is 14.2 Å². The highest BCUT2D eigenvalue weighted by molar-refractivity contribution is 5.76. The molecule has 0 bridgehead atoms. The molecule has 0 radical (unpaired) electrons. The minimum Gasteiger partial charge on any atom is -0.493 e. The number of rotatable bonds is 3. The number of ether oxygens (including phenoxy) is 1. The zero-order valence-electron chi connectivity index (χ0n) is 13.8. The van der Waals surface area contributed by atoms with Gasteiger partial charge in [-0.15, -0.1) is 0 Å². The summed E-state index contributed by atoms with van der Waals surface area (Å²) in [6, 6.07) is 2.79. The molecule has 0 atom stereocenters. The third kappa shape index (κ3) is 2.72. The summed E-state index contributed by atoms with van der Waals surface area (Å²) in [5, 5.41) is 23.3. The Labute approximate surface area is 142 Å². The lowest BCUT2D eigenvalue weighted by Gasteiger charge is -2.19. The van der Waals surface area contributed by atoms with Crippen LogP contribution in [0.25, 0.3) is 16.9 Å². The van der Waals surface area contributed by atoms with Gasteiger partial charge in [0.2, 0.25) is 0 Å². The standard InChI is InChI=1S/C16H15FN6O2/c1-16(2,24)13-11(25-3)7-23-15(22-13)9(6-20-23)12-10(17)4-8(5-18)14(19)21-12/h4,6-7,24H,1-3H3,(H2,19,21). The SMILES string of the molecule is COc1cn2ncc(-c3nc(N)c(C#N)cc3F)c2nc1C(C)(C)O. The number of hydrogen-bond donors (Lipinski definition) is 2. The molecule has 3 rings (SSSR count). The number of nitriles is 1. The van der Waals surface area contributed by atoms with E-state index in [0.717, 1.165) is 6.07 Å². The Kier molecular flexibility index (Phi) is 3.77. The zero-order valence-corrected chi connectivity index (χ0v) is 13.8. The number of aromatic nitrogens is 4. The summed E-state index contributed by atoms with van der Waals surface area (Å²) in [5.74, 6) is -0.472. The third-order valence-corrected chi connectivity index (χ3v) is 3.64. The van der Waals surface area contributed by atoms with Gasteiger partial charge in [-0.25, -0.2) is 18.9 Å². The van der Waals surface area contributed by atoms with Crippen molar-refractivity contribution in [3.63, 3.8) is 0 Å². The van der Waals surface area contributed by atoms with Gasteiger partial charge in [0, 0.05) is 0 Å². The maximum absolute atomic E-state index is 14.4. The molecule has 25 heavy (non-hydrogen) atoms. The fraction of sp³-hybridized carbons (Fsp3) is 0.250. The van der Waals surface area contributed by atoms with Crippen molar-refractivity contribution >= 4 is 11.5 Å². The lowest BCUT2D eigenvalue weighted by Crippen LogP contribution is -2.19. The van der Waals surface area contributed by atoms with E-state index in [-0.39, 0.29) is 34.0 Å². The van der Waals surface area contributed by atoms with Crippen LogP contribution in [0.4, 0.5) is 10.2 Å². The van der Waals surface area contributed by atoms with Crippen LogP contribution < -0.4 is 10.5 Å². The summed E-state index contributed by atoms with van der Waals surface area (Å²) in [7, 11) is 1.45. The van der Waals surface area contributed by atoms with Crippen LogP contribution in [-0.2, 0) is 5.60 Å². The second kappa shape index (κ2) is 5.68. The van der Waals surface area contributed by atoms with Crippen LogP contribution in [0.1, 0.15) is 25.1 Å². The van der Waals surface area contributed by atoms with E-state index in [2.05, 4.69) is 15.1 Å². The topological polar surface area (TPSA) is 122 Å². The summed E-state index contributed by atoms with van der Waals surface area (Å²) in [6.45, 7) is 3.12. The van der Waals surface area contributed by atoms with Gasteiger partial charge in [-0.2, -0.15) is 10.4 Å². The minimum absolute atomic E-state index is 0.0514. The number of hydrogen-bond acceptors (Lipinski definition) is 7. The van der Waals surface area contributed by atoms with Gasteiger partial charge in [0.15, 0.2) is 17.2 Å². The van der Waals surface area contributed by atoms with Gasteiger partial charge in [-0.3, -0.25) is 0 Å². The summed E-state index contributed by atoms with van der Waals surface area (Å²) in [5.41, 5.74) is 5.09. The van der Waals surface area contributed by atoms with Crippen molar-refractivity contribution in [2.24, 2.45) is 0 Å². The fourth-order valence-corrected chi connectivity index (χ4v) is 2.43. The molecule has 0 aromatic carbocycles. The molecule has 0 aliphatic rings. The van der Waals surface area contributed by atoms with Gasteiger partial charge in [-0.1, -0.05) is 0 Å². The van der Waals surface area contributed by atoms with E-state index >= 15 is 0 Å². The molecule has 3 heterocycles. The van der Waals surface area contributed by atoms with Crippen LogP contribution >= 0.6 is 0 Å². The highest BCUT2D eigenvalue weighted by Crippen LogP contribution is 2.32. The number of halogens is 1. The second-order valence-corrected chi connectivity index (χ2v) is 5.91. The number of aliphatic hydroxyl groups is 1. The average molecular weight is 342 g/mol. The van der Waals surface area contributed by atoms with Crippen LogP contribution in [0, 0.1) is 17.1 Å². The number of nitrogens with zero attached hydrogens (tertiary/aromatic N) is 5. The Bertz CT molecular complexity index is 1020. The van der Waals surface area contributed by atoms with E-state index in [4.69, 9.17) is 15.7 Å². The number of methoxy groups -OCH3 is 1. The molecule has 9 heteroatoms. The molecule has 0 fully saturated rings. The molecular formula is C16H15FN6O2. The van der Waals surface area contributed by atoms with Gasteiger partial charge in [0.1, 0.15) is 28.9 Å². The lowest BCUT2D eigenvalue weighted by atomic mass is 10.0. The van der Waals surface area contributed by atoms with Crippen LogP contribution in [0.2, 0.25) is 0 Å². The summed E-state index contributed by atoms with van der Waals surface area (Å²) in [6.07, 6.45) is 2.91. The Balaban J connectivity index is 2.29. The molecule has 0 spiro atoms. The Morgan fingerprint density at radius 3 is 2.72 bits per heavy atom. The first-order chi connectivity index (χ1) is 11.8. The first kappa shape index (κ1) is 16.6. The predicted molar refractivity (Wildman–Crippen MR) is 87.1 cm³/mol. The Morgan fingerprint density at radius 2 is 2.12 bits per heavy atom. The Hall–Kier alpha value is -3.25. The van der Waals surface area contributed by atoms with E-state index in [0.29, 0.717) is 5.75 Å². The van der Waals surface area contributed by atoms with Crippen molar-refractivity contribution in [2.45, 2.75) is 19.4 Å². The molecule has 0 aliphatic carbocycles. The normalized spacial score (nSPS) is 11.5. The number of nitrogens with two attached hydrogens (primary N) is 1. The molecule has 3 N–H and O–H groups in total. The van der Waals surface area contributed by atoms with Gasteiger partial charge >= 0.3 is 0 Å². The van der Waals surface area contributed by atoms with Gasteiger partial charge in [-0.05, 0) is 19.9 Å². The van der Waals surface area contributed by atoms with Gasteiger partial charge < -0.3 is 15.6 Å². The fourth-order valence-electron chi connectivity index (χ4n) is 2.43. The summed E-state index contributed by atoms with van der Waals surface area (Å²) >= 11 is 0. The lowest BCUT2D eigenvalue weighted by molar-refractivity contribution is 0.0707. The largest absolute Gasteiger partial charge is 0.493 e. The molecule has 0 saturated heterocycles. The van der Waals surface area contributed by atoms with E-state index in [1.165, 1.54) is 24.0 Å². The monoisotopic (exact) mass is 342 g/mol. The molecule has 3 aromatic heterocycles. The summed E-state index contributed by atoms with van der Waals surface area (Å²) < 4.78 is 21.0. The molecule has 0 aliphatic heterocycles. The first-order valence-electron chi connectivity index (χ1n) is 7.28. The van der Waals surface area contributed by atoms with Crippen molar-refractivity contribution in [2.75, 3.05) is 12.8 Å². The van der Waals surface area contributed by atoms with E-state index in [1.807, 2.05) is 0 Å². The van der Waals surface area contributed by atoms with E-state index < -0.39 is 11.4 Å². The number of fused-ring (bicyclic) bond motifs is 1. The average Bonchev–Trinajstić information content (AvgIpc) is 2.97. The minimum atomic E-state index is -1.29. The smallest absolute Gasteiger partial charge is 0.165 e. The number of anilines is 1. The van der Waals surface area contributed by atoms with Gasteiger partial charge in [0.05, 0.1) is 30.6 Å². The van der Waals surface area contributed by atoms with Crippen LogP contribution in [0.5, 0.6) is 5.75 Å². The molecular weight excluding hydrogens is 327 g/mol. The van der Waals surface area contributed by atoms with Crippen LogP contribution in [0.3, 0.4) is 0 Å². The third-order valence-electron chi connectivity index (χ3n) is 3.64. The molecule has 8 nitrogen and oxygen atoms in total. The van der Waals surface area contributed by atoms with Crippen LogP contribution in [0.15, 0.2) is 18.5 Å².